The highest BCUT2D eigenvalue weighted by Gasteiger charge is 2.18. The summed E-state index contributed by atoms with van der Waals surface area (Å²) in [6, 6.07) is 18.5. The molecule has 1 fully saturated rings. The average molecular weight is 350 g/mol. The molecule has 0 radical (unpaired) electrons. The minimum Gasteiger partial charge on any atom is -0.297 e. The third kappa shape index (κ3) is 5.51. The van der Waals surface area contributed by atoms with E-state index in [0.717, 1.165) is 43.9 Å². The second-order valence-corrected chi connectivity index (χ2v) is 6.69. The Balaban J connectivity index is 1.39. The van der Waals surface area contributed by atoms with Gasteiger partial charge in [-0.15, -0.1) is 0 Å². The number of aryl methyl sites for hydroxylation is 1. The molecule has 0 atom stereocenters. The molecule has 0 unspecified atom stereocenters. The maximum atomic E-state index is 12.1. The summed E-state index contributed by atoms with van der Waals surface area (Å²) in [7, 11) is 0. The van der Waals surface area contributed by atoms with Crippen molar-refractivity contribution in [3.8, 4) is 0 Å². The molecule has 136 valence electrons. The molecular formula is C21H26N4O. The van der Waals surface area contributed by atoms with Crippen LogP contribution in [0.5, 0.6) is 0 Å². The summed E-state index contributed by atoms with van der Waals surface area (Å²) in [5.41, 5.74) is 6.12. The van der Waals surface area contributed by atoms with Gasteiger partial charge in [0.05, 0.1) is 12.8 Å². The number of amides is 1. The molecule has 1 saturated heterocycles. The molecule has 0 aromatic heterocycles. The largest absolute Gasteiger partial charge is 0.297 e. The van der Waals surface area contributed by atoms with E-state index in [1.54, 1.807) is 6.21 Å². The smallest absolute Gasteiger partial charge is 0.254 e. The van der Waals surface area contributed by atoms with Gasteiger partial charge in [0.25, 0.3) is 5.91 Å². The molecule has 26 heavy (non-hydrogen) atoms. The maximum Gasteiger partial charge on any atom is 0.254 e. The summed E-state index contributed by atoms with van der Waals surface area (Å²) in [4.78, 5) is 16.7. The Hall–Kier alpha value is -2.50. The van der Waals surface area contributed by atoms with Crippen LogP contribution in [-0.4, -0.2) is 54.6 Å². The summed E-state index contributed by atoms with van der Waals surface area (Å²) < 4.78 is 0. The first-order valence-corrected chi connectivity index (χ1v) is 9.07. The second kappa shape index (κ2) is 9.27. The molecule has 1 amide bonds. The molecule has 1 heterocycles. The van der Waals surface area contributed by atoms with Gasteiger partial charge >= 0.3 is 0 Å². The average Bonchev–Trinajstić information content (AvgIpc) is 2.66. The van der Waals surface area contributed by atoms with Crippen molar-refractivity contribution in [3.05, 3.63) is 71.3 Å². The highest BCUT2D eigenvalue weighted by atomic mass is 16.2. The summed E-state index contributed by atoms with van der Waals surface area (Å²) in [5, 5.41) is 4.08. The van der Waals surface area contributed by atoms with Gasteiger partial charge in [0.1, 0.15) is 0 Å². The van der Waals surface area contributed by atoms with Crippen molar-refractivity contribution in [2.75, 3.05) is 32.7 Å². The lowest BCUT2D eigenvalue weighted by Gasteiger charge is -2.34. The van der Waals surface area contributed by atoms with Gasteiger partial charge in [-0.1, -0.05) is 54.6 Å². The second-order valence-electron chi connectivity index (χ2n) is 6.69. The Kier molecular flexibility index (Phi) is 6.52. The Morgan fingerprint density at radius 1 is 1.00 bits per heavy atom. The van der Waals surface area contributed by atoms with E-state index < -0.39 is 0 Å². The minimum absolute atomic E-state index is 0.0636. The number of carbonyl (C=O) groups excluding carboxylic acids is 1. The molecule has 0 bridgehead atoms. The van der Waals surface area contributed by atoms with Crippen LogP contribution in [0.2, 0.25) is 0 Å². The van der Waals surface area contributed by atoms with Crippen molar-refractivity contribution < 1.29 is 4.79 Å². The topological polar surface area (TPSA) is 47.9 Å². The number of hydrogen-bond donors (Lipinski definition) is 1. The van der Waals surface area contributed by atoms with Crippen LogP contribution in [0.25, 0.3) is 0 Å². The van der Waals surface area contributed by atoms with Gasteiger partial charge in [0, 0.05) is 32.7 Å². The van der Waals surface area contributed by atoms with Crippen LogP contribution in [0.1, 0.15) is 16.7 Å². The van der Waals surface area contributed by atoms with E-state index in [1.807, 2.05) is 37.3 Å². The molecule has 3 rings (SSSR count). The van der Waals surface area contributed by atoms with Gasteiger partial charge in [-0.05, 0) is 23.6 Å². The summed E-state index contributed by atoms with van der Waals surface area (Å²) >= 11 is 0. The number of piperazine rings is 1. The first kappa shape index (κ1) is 18.3. The summed E-state index contributed by atoms with van der Waals surface area (Å²) in [6.45, 7) is 7.16. The lowest BCUT2D eigenvalue weighted by atomic mass is 10.1. The molecule has 0 spiro atoms. The van der Waals surface area contributed by atoms with Crippen molar-refractivity contribution in [1.82, 2.24) is 15.2 Å². The molecule has 2 aromatic rings. The minimum atomic E-state index is -0.0636. The fourth-order valence-electron chi connectivity index (χ4n) is 3.09. The molecule has 0 saturated carbocycles. The fourth-order valence-corrected chi connectivity index (χ4v) is 3.09. The highest BCUT2D eigenvalue weighted by molar-refractivity contribution is 5.84. The molecule has 0 aliphatic carbocycles. The Morgan fingerprint density at radius 2 is 1.65 bits per heavy atom. The summed E-state index contributed by atoms with van der Waals surface area (Å²) in [5.74, 6) is -0.0636. The van der Waals surface area contributed by atoms with Gasteiger partial charge in [-0.2, -0.15) is 5.10 Å². The van der Waals surface area contributed by atoms with E-state index in [4.69, 9.17) is 0 Å². The molecule has 1 N–H and O–H groups in total. The lowest BCUT2D eigenvalue weighted by Crippen LogP contribution is -2.48. The van der Waals surface area contributed by atoms with Crippen molar-refractivity contribution in [2.45, 2.75) is 13.5 Å². The number of rotatable bonds is 6. The lowest BCUT2D eigenvalue weighted by molar-refractivity contribution is -0.122. The van der Waals surface area contributed by atoms with Crippen LogP contribution >= 0.6 is 0 Å². The van der Waals surface area contributed by atoms with Crippen molar-refractivity contribution in [2.24, 2.45) is 5.10 Å². The summed E-state index contributed by atoms with van der Waals surface area (Å²) in [6.07, 6.45) is 1.70. The number of nitrogens with zero attached hydrogens (tertiary/aromatic N) is 3. The van der Waals surface area contributed by atoms with Gasteiger partial charge in [0.2, 0.25) is 0 Å². The standard InChI is InChI=1S/C21H26N4O/c1-18-7-5-6-10-20(18)15-22-23-21(26)17-25-13-11-24(12-14-25)16-19-8-3-2-4-9-19/h2-10,15H,11-14,16-17H2,1H3,(H,23,26). The van der Waals surface area contributed by atoms with E-state index in [0.29, 0.717) is 6.54 Å². The molecule has 1 aliphatic heterocycles. The molecule has 2 aromatic carbocycles. The van der Waals surface area contributed by atoms with E-state index in [1.165, 1.54) is 5.56 Å². The van der Waals surface area contributed by atoms with E-state index >= 15 is 0 Å². The number of hydrogen-bond acceptors (Lipinski definition) is 4. The predicted octanol–water partition coefficient (Wildman–Crippen LogP) is 2.26. The van der Waals surface area contributed by atoms with Crippen LogP contribution < -0.4 is 5.43 Å². The third-order valence-electron chi connectivity index (χ3n) is 4.66. The molecular weight excluding hydrogens is 324 g/mol. The Labute approximate surface area is 155 Å². The van der Waals surface area contributed by atoms with Crippen LogP contribution in [0.3, 0.4) is 0 Å². The van der Waals surface area contributed by atoms with Crippen LogP contribution in [0.4, 0.5) is 0 Å². The zero-order chi connectivity index (χ0) is 18.2. The fraction of sp³-hybridized carbons (Fsp3) is 0.333. The third-order valence-corrected chi connectivity index (χ3v) is 4.66. The first-order chi connectivity index (χ1) is 12.7. The maximum absolute atomic E-state index is 12.1. The Bertz CT molecular complexity index is 737. The monoisotopic (exact) mass is 350 g/mol. The molecule has 5 nitrogen and oxygen atoms in total. The number of benzene rings is 2. The highest BCUT2D eigenvalue weighted by Crippen LogP contribution is 2.08. The van der Waals surface area contributed by atoms with E-state index in [9.17, 15) is 4.79 Å². The van der Waals surface area contributed by atoms with Gasteiger partial charge in [-0.25, -0.2) is 5.43 Å². The van der Waals surface area contributed by atoms with E-state index in [-0.39, 0.29) is 5.91 Å². The number of nitrogens with one attached hydrogen (secondary N) is 1. The number of hydrazone groups is 1. The van der Waals surface area contributed by atoms with Crippen LogP contribution in [-0.2, 0) is 11.3 Å². The van der Waals surface area contributed by atoms with E-state index in [2.05, 4.69) is 44.6 Å². The normalized spacial score (nSPS) is 16.0. The van der Waals surface area contributed by atoms with Crippen LogP contribution in [0.15, 0.2) is 59.7 Å². The number of carbonyl (C=O) groups is 1. The SMILES string of the molecule is Cc1ccccc1C=NNC(=O)CN1CCN(Cc2ccccc2)CC1. The van der Waals surface area contributed by atoms with Gasteiger partial charge < -0.3 is 0 Å². The Morgan fingerprint density at radius 3 is 2.38 bits per heavy atom. The molecule has 5 heteroatoms. The quantitative estimate of drug-likeness (QED) is 0.642. The zero-order valence-corrected chi connectivity index (χ0v) is 15.3. The van der Waals surface area contributed by atoms with Crippen molar-refractivity contribution >= 4 is 12.1 Å². The van der Waals surface area contributed by atoms with Crippen molar-refractivity contribution in [1.29, 1.82) is 0 Å². The van der Waals surface area contributed by atoms with Gasteiger partial charge in [-0.3, -0.25) is 14.6 Å². The van der Waals surface area contributed by atoms with Gasteiger partial charge in [0.15, 0.2) is 0 Å². The van der Waals surface area contributed by atoms with Crippen molar-refractivity contribution in [3.63, 3.8) is 0 Å². The predicted molar refractivity (Wildman–Crippen MR) is 105 cm³/mol. The zero-order valence-electron chi connectivity index (χ0n) is 15.3. The first-order valence-electron chi connectivity index (χ1n) is 9.07. The molecule has 1 aliphatic rings. The van der Waals surface area contributed by atoms with Crippen LogP contribution in [0, 0.1) is 6.92 Å².